The van der Waals surface area contributed by atoms with Gasteiger partial charge >= 0.3 is 0 Å². The van der Waals surface area contributed by atoms with Crippen LogP contribution in [-0.4, -0.2) is 6.08 Å². The summed E-state index contributed by atoms with van der Waals surface area (Å²) in [5.41, 5.74) is 2.94. The molecule has 1 fully saturated rings. The van der Waals surface area contributed by atoms with E-state index in [0.29, 0.717) is 0 Å². The largest absolute Gasteiger partial charge is 0.235 e. The van der Waals surface area contributed by atoms with E-state index in [1.165, 1.54) is 0 Å². The number of aryl methyl sites for hydroxylation is 1. The summed E-state index contributed by atoms with van der Waals surface area (Å²) in [6.45, 7) is 4.05. The third-order valence-corrected chi connectivity index (χ3v) is 4.22. The lowest BCUT2D eigenvalue weighted by atomic mass is 9.87. The van der Waals surface area contributed by atoms with Gasteiger partial charge in [0.1, 0.15) is 0 Å². The van der Waals surface area contributed by atoms with Crippen LogP contribution in [0.5, 0.6) is 0 Å². The van der Waals surface area contributed by atoms with Gasteiger partial charge < -0.3 is 0 Å². The van der Waals surface area contributed by atoms with Gasteiger partial charge in [-0.2, -0.15) is 4.99 Å². The van der Waals surface area contributed by atoms with Crippen LogP contribution in [0.4, 0.5) is 0 Å². The van der Waals surface area contributed by atoms with Crippen molar-refractivity contribution in [1.29, 1.82) is 0 Å². The maximum Gasteiger partial charge on any atom is 0.235 e. The average molecular weight is 250 g/mol. The van der Waals surface area contributed by atoms with Crippen molar-refractivity contribution < 1.29 is 4.79 Å². The normalized spacial score (nSPS) is 17.8. The maximum atomic E-state index is 10.7. The monoisotopic (exact) mass is 249 g/mol. The van der Waals surface area contributed by atoms with E-state index in [2.05, 4.69) is 11.1 Å². The number of rotatable bonds is 2. The summed E-state index contributed by atoms with van der Waals surface area (Å²) >= 11 is 6.22. The predicted octanol–water partition coefficient (Wildman–Crippen LogP) is 4.06. The van der Waals surface area contributed by atoms with E-state index in [4.69, 9.17) is 11.6 Å². The molecule has 1 aromatic rings. The minimum atomic E-state index is -0.371. The standard InChI is InChI=1S/C14H16ClNO/c1-10-7-12(8-13(15)11(10)2)14(16-9-17)5-3-4-6-14/h7-8H,3-6H2,1-2H3. The van der Waals surface area contributed by atoms with E-state index in [0.717, 1.165) is 47.4 Å². The van der Waals surface area contributed by atoms with Crippen LogP contribution >= 0.6 is 11.6 Å². The van der Waals surface area contributed by atoms with E-state index in [9.17, 15) is 4.79 Å². The lowest BCUT2D eigenvalue weighted by Crippen LogP contribution is -2.19. The van der Waals surface area contributed by atoms with Crippen molar-refractivity contribution in [3.63, 3.8) is 0 Å². The second kappa shape index (κ2) is 4.64. The highest BCUT2D eigenvalue weighted by Crippen LogP contribution is 2.43. The number of isocyanates is 1. The van der Waals surface area contributed by atoms with Gasteiger partial charge in [-0.15, -0.1) is 0 Å². The Morgan fingerprint density at radius 2 is 1.94 bits per heavy atom. The fraction of sp³-hybridized carbons (Fsp3) is 0.500. The molecule has 0 aromatic heterocycles. The molecule has 0 aliphatic heterocycles. The van der Waals surface area contributed by atoms with Gasteiger partial charge in [-0.05, 0) is 49.4 Å². The van der Waals surface area contributed by atoms with E-state index in [1.807, 2.05) is 19.9 Å². The molecule has 0 heterocycles. The Balaban J connectivity index is 2.54. The highest BCUT2D eigenvalue weighted by Gasteiger charge is 2.36. The molecule has 1 aliphatic carbocycles. The molecule has 1 aromatic carbocycles. The van der Waals surface area contributed by atoms with Gasteiger partial charge in [-0.1, -0.05) is 30.5 Å². The Bertz CT molecular complexity index is 460. The van der Waals surface area contributed by atoms with Crippen LogP contribution in [-0.2, 0) is 10.3 Å². The second-order valence-electron chi connectivity index (χ2n) is 4.84. The summed E-state index contributed by atoms with van der Waals surface area (Å²) in [4.78, 5) is 14.7. The SMILES string of the molecule is Cc1cc(C2(N=C=O)CCCC2)cc(Cl)c1C. The van der Waals surface area contributed by atoms with Crippen LogP contribution in [0, 0.1) is 13.8 Å². The van der Waals surface area contributed by atoms with Crippen molar-refractivity contribution in [1.82, 2.24) is 0 Å². The number of benzene rings is 1. The molecule has 0 radical (unpaired) electrons. The Kier molecular flexibility index (Phi) is 3.37. The average Bonchev–Trinajstić information content (AvgIpc) is 2.75. The van der Waals surface area contributed by atoms with Crippen molar-refractivity contribution in [2.24, 2.45) is 4.99 Å². The third kappa shape index (κ3) is 2.15. The zero-order valence-corrected chi connectivity index (χ0v) is 11.0. The highest BCUT2D eigenvalue weighted by atomic mass is 35.5. The molecule has 2 rings (SSSR count). The minimum Gasteiger partial charge on any atom is -0.211 e. The van der Waals surface area contributed by atoms with E-state index >= 15 is 0 Å². The number of carbonyl (C=O) groups excluding carboxylic acids is 1. The molecule has 1 saturated carbocycles. The maximum absolute atomic E-state index is 10.7. The molecule has 0 saturated heterocycles. The number of aliphatic imine (C=N–C) groups is 1. The minimum absolute atomic E-state index is 0.371. The smallest absolute Gasteiger partial charge is 0.211 e. The van der Waals surface area contributed by atoms with Crippen molar-refractivity contribution >= 4 is 17.7 Å². The summed E-state index contributed by atoms with van der Waals surface area (Å²) in [7, 11) is 0. The Morgan fingerprint density at radius 3 is 2.47 bits per heavy atom. The summed E-state index contributed by atoms with van der Waals surface area (Å²) in [5, 5.41) is 0.757. The van der Waals surface area contributed by atoms with Gasteiger partial charge in [0.15, 0.2) is 0 Å². The fourth-order valence-electron chi connectivity index (χ4n) is 2.60. The first-order chi connectivity index (χ1) is 8.09. The van der Waals surface area contributed by atoms with Crippen LogP contribution in [0.3, 0.4) is 0 Å². The Labute approximate surface area is 107 Å². The lowest BCUT2D eigenvalue weighted by Gasteiger charge is -2.24. The molecule has 3 heteroatoms. The van der Waals surface area contributed by atoms with Gasteiger partial charge in [0.2, 0.25) is 6.08 Å². The quantitative estimate of drug-likeness (QED) is 0.574. The first-order valence-corrected chi connectivity index (χ1v) is 6.33. The van der Waals surface area contributed by atoms with E-state index < -0.39 is 0 Å². The van der Waals surface area contributed by atoms with Gasteiger partial charge in [0.25, 0.3) is 0 Å². The van der Waals surface area contributed by atoms with Crippen LogP contribution in [0.2, 0.25) is 5.02 Å². The fourth-order valence-corrected chi connectivity index (χ4v) is 2.86. The Hall–Kier alpha value is -1.11. The number of hydrogen-bond donors (Lipinski definition) is 0. The molecule has 0 unspecified atom stereocenters. The molecule has 0 atom stereocenters. The van der Waals surface area contributed by atoms with E-state index in [-0.39, 0.29) is 5.54 Å². The molecule has 0 N–H and O–H groups in total. The Morgan fingerprint density at radius 1 is 1.29 bits per heavy atom. The third-order valence-electron chi connectivity index (χ3n) is 3.83. The zero-order valence-electron chi connectivity index (χ0n) is 10.2. The van der Waals surface area contributed by atoms with Crippen LogP contribution in [0.15, 0.2) is 17.1 Å². The van der Waals surface area contributed by atoms with Gasteiger partial charge in [0, 0.05) is 5.02 Å². The van der Waals surface area contributed by atoms with Crippen molar-refractivity contribution in [2.45, 2.75) is 45.1 Å². The van der Waals surface area contributed by atoms with Gasteiger partial charge in [-0.3, -0.25) is 0 Å². The second-order valence-corrected chi connectivity index (χ2v) is 5.25. The number of hydrogen-bond acceptors (Lipinski definition) is 2. The molecule has 17 heavy (non-hydrogen) atoms. The molecule has 90 valence electrons. The topological polar surface area (TPSA) is 29.4 Å². The zero-order chi connectivity index (χ0) is 12.5. The van der Waals surface area contributed by atoms with Crippen molar-refractivity contribution in [3.8, 4) is 0 Å². The predicted molar refractivity (Wildman–Crippen MR) is 69.2 cm³/mol. The van der Waals surface area contributed by atoms with Crippen LogP contribution < -0.4 is 0 Å². The highest BCUT2D eigenvalue weighted by molar-refractivity contribution is 6.31. The van der Waals surface area contributed by atoms with Crippen molar-refractivity contribution in [3.05, 3.63) is 33.8 Å². The van der Waals surface area contributed by atoms with Gasteiger partial charge in [-0.25, -0.2) is 4.79 Å². The summed E-state index contributed by atoms with van der Waals surface area (Å²) in [6, 6.07) is 4.06. The van der Waals surface area contributed by atoms with Gasteiger partial charge in [0.05, 0.1) is 5.54 Å². The lowest BCUT2D eigenvalue weighted by molar-refractivity contribution is 0.455. The summed E-state index contributed by atoms with van der Waals surface area (Å²) in [5.74, 6) is 0. The summed E-state index contributed by atoms with van der Waals surface area (Å²) in [6.07, 6.45) is 5.78. The molecular weight excluding hydrogens is 234 g/mol. The molecule has 2 nitrogen and oxygen atoms in total. The van der Waals surface area contributed by atoms with Crippen molar-refractivity contribution in [2.75, 3.05) is 0 Å². The molecule has 0 bridgehead atoms. The first-order valence-electron chi connectivity index (χ1n) is 5.95. The number of halogens is 1. The molecular formula is C14H16ClNO. The van der Waals surface area contributed by atoms with E-state index in [1.54, 1.807) is 6.08 Å². The van der Waals surface area contributed by atoms with Crippen LogP contribution in [0.25, 0.3) is 0 Å². The molecule has 0 spiro atoms. The first kappa shape index (κ1) is 12.3. The summed E-state index contributed by atoms with van der Waals surface area (Å²) < 4.78 is 0. The van der Waals surface area contributed by atoms with Crippen LogP contribution in [0.1, 0.15) is 42.4 Å². The molecule has 0 amide bonds. The molecule has 1 aliphatic rings. The number of nitrogens with zero attached hydrogens (tertiary/aromatic N) is 1.